The molecule has 3 aromatic heterocycles. The van der Waals surface area contributed by atoms with Crippen molar-refractivity contribution in [2.75, 3.05) is 5.32 Å². The Bertz CT molecular complexity index is 685. The number of fused-ring (bicyclic) bond motifs is 1. The molecular weight excluding hydrogens is 246 g/mol. The molecule has 0 aliphatic rings. The summed E-state index contributed by atoms with van der Waals surface area (Å²) in [5.74, 6) is 0.817. The summed E-state index contributed by atoms with van der Waals surface area (Å²) in [6.45, 7) is 5.06. The molecule has 6 heteroatoms. The van der Waals surface area contributed by atoms with Gasteiger partial charge >= 0.3 is 0 Å². The molecule has 0 aliphatic carbocycles. The van der Waals surface area contributed by atoms with Crippen LogP contribution in [0, 0.1) is 13.8 Å². The topological polar surface area (TPSA) is 66.5 Å². The quantitative estimate of drug-likeness (QED) is 0.759. The van der Waals surface area contributed by atoms with Gasteiger partial charge in [-0.15, -0.1) is 11.3 Å². The van der Waals surface area contributed by atoms with E-state index < -0.39 is 0 Å². The van der Waals surface area contributed by atoms with Crippen molar-refractivity contribution < 1.29 is 0 Å². The van der Waals surface area contributed by atoms with Crippen LogP contribution in [0.25, 0.3) is 11.0 Å². The minimum atomic E-state index is 0.755. The fourth-order valence-electron chi connectivity index (χ4n) is 1.82. The van der Waals surface area contributed by atoms with Gasteiger partial charge in [0.1, 0.15) is 12.1 Å². The van der Waals surface area contributed by atoms with Crippen LogP contribution in [0.3, 0.4) is 0 Å². The number of nitrogens with one attached hydrogen (secondary N) is 2. The van der Waals surface area contributed by atoms with Crippen molar-refractivity contribution in [2.45, 2.75) is 20.4 Å². The summed E-state index contributed by atoms with van der Waals surface area (Å²) in [6.07, 6.45) is 3.28. The molecule has 18 heavy (non-hydrogen) atoms. The average molecular weight is 259 g/mol. The first-order chi connectivity index (χ1) is 8.75. The highest BCUT2D eigenvalue weighted by Crippen LogP contribution is 2.22. The standard InChI is InChI=1S/C12H13N5S/c1-7-8(2)18-5-9(7)3-13-11-10-4-16-17-12(10)15-6-14-11/h4-6H,3H2,1-2H3,(H2,13,14,15,16,17). The first kappa shape index (κ1) is 11.2. The van der Waals surface area contributed by atoms with Crippen molar-refractivity contribution in [3.8, 4) is 0 Å². The van der Waals surface area contributed by atoms with E-state index in [-0.39, 0.29) is 0 Å². The summed E-state index contributed by atoms with van der Waals surface area (Å²) in [7, 11) is 0. The molecule has 0 atom stereocenters. The molecule has 0 aromatic carbocycles. The first-order valence-corrected chi connectivity index (χ1v) is 6.55. The van der Waals surface area contributed by atoms with Crippen LogP contribution in [-0.4, -0.2) is 20.2 Å². The highest BCUT2D eigenvalue weighted by Gasteiger charge is 2.07. The Morgan fingerprint density at radius 2 is 2.22 bits per heavy atom. The predicted molar refractivity (Wildman–Crippen MR) is 72.8 cm³/mol. The minimum Gasteiger partial charge on any atom is -0.365 e. The van der Waals surface area contributed by atoms with Gasteiger partial charge in [-0.1, -0.05) is 0 Å². The Balaban J connectivity index is 1.85. The second-order valence-electron chi connectivity index (χ2n) is 4.15. The molecule has 5 nitrogen and oxygen atoms in total. The Morgan fingerprint density at radius 1 is 1.33 bits per heavy atom. The van der Waals surface area contributed by atoms with Crippen LogP contribution in [0.4, 0.5) is 5.82 Å². The van der Waals surface area contributed by atoms with Crippen molar-refractivity contribution in [3.63, 3.8) is 0 Å². The second kappa shape index (κ2) is 4.38. The smallest absolute Gasteiger partial charge is 0.160 e. The van der Waals surface area contributed by atoms with Gasteiger partial charge in [0.05, 0.1) is 11.6 Å². The summed E-state index contributed by atoms with van der Waals surface area (Å²) in [4.78, 5) is 9.73. The zero-order valence-corrected chi connectivity index (χ0v) is 11.0. The SMILES string of the molecule is Cc1scc(CNc2ncnc3[nH]ncc23)c1C. The fraction of sp³-hybridized carbons (Fsp3) is 0.250. The van der Waals surface area contributed by atoms with Gasteiger partial charge < -0.3 is 5.32 Å². The molecule has 0 amide bonds. The summed E-state index contributed by atoms with van der Waals surface area (Å²) in [6, 6.07) is 0. The molecule has 0 spiro atoms. The Labute approximate surface area is 108 Å². The van der Waals surface area contributed by atoms with E-state index in [9.17, 15) is 0 Å². The number of nitrogens with zero attached hydrogens (tertiary/aromatic N) is 3. The first-order valence-electron chi connectivity index (χ1n) is 5.67. The second-order valence-corrected chi connectivity index (χ2v) is 5.23. The number of aromatic amines is 1. The minimum absolute atomic E-state index is 0.755. The van der Waals surface area contributed by atoms with Gasteiger partial charge in [-0.25, -0.2) is 9.97 Å². The van der Waals surface area contributed by atoms with Crippen molar-refractivity contribution in [1.29, 1.82) is 0 Å². The zero-order valence-electron chi connectivity index (χ0n) is 10.2. The molecule has 0 radical (unpaired) electrons. The lowest BCUT2D eigenvalue weighted by molar-refractivity contribution is 1.07. The molecule has 3 rings (SSSR count). The summed E-state index contributed by atoms with van der Waals surface area (Å²) >= 11 is 1.78. The Kier molecular flexibility index (Phi) is 2.71. The van der Waals surface area contributed by atoms with E-state index in [1.54, 1.807) is 17.5 Å². The molecule has 0 unspecified atom stereocenters. The number of aryl methyl sites for hydroxylation is 1. The van der Waals surface area contributed by atoms with Gasteiger partial charge in [-0.2, -0.15) is 5.10 Å². The van der Waals surface area contributed by atoms with Gasteiger partial charge in [0.2, 0.25) is 0 Å². The molecule has 0 fully saturated rings. The molecule has 0 bridgehead atoms. The van der Waals surface area contributed by atoms with Gasteiger partial charge in [-0.05, 0) is 30.4 Å². The van der Waals surface area contributed by atoms with Gasteiger partial charge in [0.25, 0.3) is 0 Å². The number of thiophene rings is 1. The average Bonchev–Trinajstić information content (AvgIpc) is 2.97. The van der Waals surface area contributed by atoms with Crippen LogP contribution in [0.1, 0.15) is 16.0 Å². The molecule has 2 N–H and O–H groups in total. The van der Waals surface area contributed by atoms with Crippen LogP contribution >= 0.6 is 11.3 Å². The van der Waals surface area contributed by atoms with E-state index >= 15 is 0 Å². The molecule has 0 saturated carbocycles. The maximum absolute atomic E-state index is 4.25. The van der Waals surface area contributed by atoms with Crippen molar-refractivity contribution in [3.05, 3.63) is 33.9 Å². The van der Waals surface area contributed by atoms with Gasteiger partial charge in [-0.3, -0.25) is 5.10 Å². The van der Waals surface area contributed by atoms with Crippen LogP contribution < -0.4 is 5.32 Å². The summed E-state index contributed by atoms with van der Waals surface area (Å²) in [5.41, 5.74) is 3.42. The maximum Gasteiger partial charge on any atom is 0.160 e. The number of hydrogen-bond donors (Lipinski definition) is 2. The normalized spacial score (nSPS) is 11.0. The van der Waals surface area contributed by atoms with Crippen molar-refractivity contribution in [1.82, 2.24) is 20.2 Å². The van der Waals surface area contributed by atoms with E-state index in [1.165, 1.54) is 22.3 Å². The van der Waals surface area contributed by atoms with Gasteiger partial charge in [0.15, 0.2) is 5.65 Å². The Morgan fingerprint density at radius 3 is 3.00 bits per heavy atom. The predicted octanol–water partition coefficient (Wildman–Crippen LogP) is 2.64. The van der Waals surface area contributed by atoms with Crippen LogP contribution in [0.5, 0.6) is 0 Å². The molecule has 0 aliphatic heterocycles. The number of hydrogen-bond acceptors (Lipinski definition) is 5. The lowest BCUT2D eigenvalue weighted by Crippen LogP contribution is -2.02. The van der Waals surface area contributed by atoms with Crippen molar-refractivity contribution in [2.24, 2.45) is 0 Å². The zero-order chi connectivity index (χ0) is 12.5. The molecule has 0 saturated heterocycles. The lowest BCUT2D eigenvalue weighted by atomic mass is 10.2. The van der Waals surface area contributed by atoms with E-state index in [2.05, 4.69) is 44.7 Å². The third-order valence-electron chi connectivity index (χ3n) is 3.08. The largest absolute Gasteiger partial charge is 0.365 e. The van der Waals surface area contributed by atoms with Crippen LogP contribution in [0.2, 0.25) is 0 Å². The van der Waals surface area contributed by atoms with E-state index in [1.807, 2.05) is 0 Å². The lowest BCUT2D eigenvalue weighted by Gasteiger charge is -2.05. The number of H-pyrrole nitrogens is 1. The van der Waals surface area contributed by atoms with Crippen LogP contribution in [0.15, 0.2) is 17.9 Å². The molecule has 92 valence electrons. The van der Waals surface area contributed by atoms with E-state index in [0.29, 0.717) is 0 Å². The van der Waals surface area contributed by atoms with Crippen molar-refractivity contribution >= 4 is 28.2 Å². The summed E-state index contributed by atoms with van der Waals surface area (Å²) < 4.78 is 0. The molecule has 3 aromatic rings. The number of rotatable bonds is 3. The molecular formula is C12H13N5S. The highest BCUT2D eigenvalue weighted by atomic mass is 32.1. The van der Waals surface area contributed by atoms with E-state index in [0.717, 1.165) is 23.4 Å². The molecule has 3 heterocycles. The summed E-state index contributed by atoms with van der Waals surface area (Å²) in [5, 5.41) is 13.3. The van der Waals surface area contributed by atoms with E-state index in [4.69, 9.17) is 0 Å². The monoisotopic (exact) mass is 259 g/mol. The number of aromatic nitrogens is 4. The maximum atomic E-state index is 4.25. The van der Waals surface area contributed by atoms with Crippen LogP contribution in [-0.2, 0) is 6.54 Å². The number of anilines is 1. The third kappa shape index (κ3) is 1.84. The third-order valence-corrected chi connectivity index (χ3v) is 4.14. The Hall–Kier alpha value is -1.95. The van der Waals surface area contributed by atoms with Gasteiger partial charge in [0, 0.05) is 11.4 Å². The highest BCUT2D eigenvalue weighted by molar-refractivity contribution is 7.10. The fourth-order valence-corrected chi connectivity index (χ4v) is 2.71.